The topological polar surface area (TPSA) is 63.6 Å². The number of hydrogen-bond donors (Lipinski definition) is 1. The van der Waals surface area contributed by atoms with Crippen LogP contribution >= 0.6 is 0 Å². The molecule has 0 fully saturated rings. The zero-order valence-electron chi connectivity index (χ0n) is 15.1. The summed E-state index contributed by atoms with van der Waals surface area (Å²) in [5.41, 5.74) is 0. The second-order valence-electron chi connectivity index (χ2n) is 8.36. The summed E-state index contributed by atoms with van der Waals surface area (Å²) in [7, 11) is -6.84. The largest absolute Gasteiger partial charge is 0.455 e. The van der Waals surface area contributed by atoms with Gasteiger partial charge < -0.3 is 4.12 Å². The Balaban J connectivity index is 0. The van der Waals surface area contributed by atoms with Gasteiger partial charge in [0.2, 0.25) is 0 Å². The molecule has 0 spiro atoms. The van der Waals surface area contributed by atoms with E-state index in [1.165, 1.54) is 0 Å². The Morgan fingerprint density at radius 2 is 0.950 bits per heavy atom. The maximum absolute atomic E-state index is 9.19. The molecular weight excluding hydrogens is 308 g/mol. The van der Waals surface area contributed by atoms with E-state index in [0.717, 1.165) is 0 Å². The molecule has 0 bridgehead atoms. The first-order valence-corrected chi connectivity index (χ1v) is 14.5. The normalized spacial score (nSPS) is 14.6. The second-order valence-corrected chi connectivity index (χ2v) is 19.7. The number of hydrogen-bond acceptors (Lipinski definition) is 3. The van der Waals surface area contributed by atoms with Crippen LogP contribution in [0.1, 0.15) is 41.5 Å². The molecule has 0 radical (unpaired) electrons. The molecule has 7 heteroatoms. The van der Waals surface area contributed by atoms with E-state index in [1.807, 2.05) is 0 Å². The van der Waals surface area contributed by atoms with Crippen molar-refractivity contribution in [2.45, 2.75) is 77.8 Å². The van der Waals surface area contributed by atoms with E-state index in [1.54, 1.807) is 0 Å². The Bertz CT molecular complexity index is 369. The Morgan fingerprint density at radius 3 is 1.05 bits per heavy atom. The van der Waals surface area contributed by atoms with Gasteiger partial charge in [0, 0.05) is 0 Å². The van der Waals surface area contributed by atoms with Crippen LogP contribution in [-0.2, 0) is 14.2 Å². The van der Waals surface area contributed by atoms with Crippen LogP contribution in [0, 0.1) is 0 Å². The van der Waals surface area contributed by atoms with E-state index in [0.29, 0.717) is 16.3 Å². The smallest absolute Gasteiger partial charge is 0.261 e. The van der Waals surface area contributed by atoms with Crippen LogP contribution in [-0.4, -0.2) is 35.9 Å². The SMILES string of the molecule is CC(C)(C)[Si](C)(C)O[Si](C)(C)C(C)(C)C.CS(=O)(=O)O. The van der Waals surface area contributed by atoms with Gasteiger partial charge in [-0.3, -0.25) is 4.55 Å². The first kappa shape index (κ1) is 22.6. The maximum Gasteiger partial charge on any atom is 0.261 e. The lowest BCUT2D eigenvalue weighted by atomic mass is 10.2. The lowest BCUT2D eigenvalue weighted by Gasteiger charge is -2.47. The predicted octanol–water partition coefficient (Wildman–Crippen LogP) is 4.52. The minimum absolute atomic E-state index is 0.322. The summed E-state index contributed by atoms with van der Waals surface area (Å²) in [6, 6.07) is 0. The fourth-order valence-electron chi connectivity index (χ4n) is 0.944. The molecule has 0 aromatic heterocycles. The van der Waals surface area contributed by atoms with Crippen LogP contribution in [0.5, 0.6) is 0 Å². The molecular formula is C13H34O4SSi2. The zero-order chi connectivity index (χ0) is 17.2. The van der Waals surface area contributed by atoms with Crippen LogP contribution in [0.25, 0.3) is 0 Å². The van der Waals surface area contributed by atoms with Crippen molar-refractivity contribution in [3.05, 3.63) is 0 Å². The monoisotopic (exact) mass is 342 g/mol. The molecule has 0 aliphatic carbocycles. The van der Waals surface area contributed by atoms with Crippen molar-refractivity contribution >= 4 is 26.8 Å². The van der Waals surface area contributed by atoms with Gasteiger partial charge in [0.25, 0.3) is 10.1 Å². The van der Waals surface area contributed by atoms with Crippen molar-refractivity contribution in [1.82, 2.24) is 0 Å². The van der Waals surface area contributed by atoms with E-state index in [2.05, 4.69) is 67.7 Å². The predicted molar refractivity (Wildman–Crippen MR) is 93.0 cm³/mol. The Labute approximate surface area is 128 Å². The highest BCUT2D eigenvalue weighted by Gasteiger charge is 2.46. The van der Waals surface area contributed by atoms with Crippen LogP contribution in [0.15, 0.2) is 0 Å². The van der Waals surface area contributed by atoms with E-state index in [4.69, 9.17) is 8.67 Å². The first-order chi connectivity index (χ1) is 8.21. The molecule has 0 atom stereocenters. The van der Waals surface area contributed by atoms with Gasteiger partial charge in [-0.15, -0.1) is 0 Å². The Morgan fingerprint density at radius 1 is 0.800 bits per heavy atom. The minimum Gasteiger partial charge on any atom is -0.455 e. The van der Waals surface area contributed by atoms with Crippen molar-refractivity contribution in [1.29, 1.82) is 0 Å². The summed E-state index contributed by atoms with van der Waals surface area (Å²) in [5, 5.41) is 0.644. The molecule has 0 amide bonds. The molecule has 0 rings (SSSR count). The van der Waals surface area contributed by atoms with Crippen molar-refractivity contribution in [3.8, 4) is 0 Å². The highest BCUT2D eigenvalue weighted by Crippen LogP contribution is 2.44. The summed E-state index contributed by atoms with van der Waals surface area (Å²) >= 11 is 0. The molecule has 124 valence electrons. The van der Waals surface area contributed by atoms with E-state index in [-0.39, 0.29) is 0 Å². The summed E-state index contributed by atoms with van der Waals surface area (Å²) < 4.78 is 32.5. The molecule has 0 aliphatic rings. The summed E-state index contributed by atoms with van der Waals surface area (Å²) in [6.07, 6.45) is 0.715. The van der Waals surface area contributed by atoms with Crippen molar-refractivity contribution in [3.63, 3.8) is 0 Å². The molecule has 0 heterocycles. The fourth-order valence-corrected chi connectivity index (χ4v) is 8.50. The Kier molecular flexibility index (Phi) is 7.45. The third-order valence-corrected chi connectivity index (χ3v) is 15.4. The van der Waals surface area contributed by atoms with E-state index >= 15 is 0 Å². The van der Waals surface area contributed by atoms with Crippen LogP contribution in [0.3, 0.4) is 0 Å². The van der Waals surface area contributed by atoms with Gasteiger partial charge in [0.05, 0.1) is 6.26 Å². The fraction of sp³-hybridized carbons (Fsp3) is 1.00. The van der Waals surface area contributed by atoms with Gasteiger partial charge in [0.1, 0.15) is 0 Å². The molecule has 0 unspecified atom stereocenters. The average Bonchev–Trinajstić information content (AvgIpc) is 1.92. The summed E-state index contributed by atoms with van der Waals surface area (Å²) in [6.45, 7) is 23.3. The van der Waals surface area contributed by atoms with E-state index in [9.17, 15) is 8.42 Å². The lowest BCUT2D eigenvalue weighted by Crippen LogP contribution is -2.53. The maximum atomic E-state index is 9.19. The van der Waals surface area contributed by atoms with Gasteiger partial charge in [-0.25, -0.2) is 0 Å². The molecule has 1 N–H and O–H groups in total. The van der Waals surface area contributed by atoms with Gasteiger partial charge in [-0.2, -0.15) is 8.42 Å². The molecule has 0 saturated heterocycles. The van der Waals surface area contributed by atoms with E-state index < -0.39 is 26.8 Å². The highest BCUT2D eigenvalue weighted by molar-refractivity contribution is 7.85. The molecule has 0 aliphatic heterocycles. The zero-order valence-corrected chi connectivity index (χ0v) is 17.9. The molecule has 0 aromatic rings. The third-order valence-electron chi connectivity index (χ3n) is 4.12. The molecule has 0 saturated carbocycles. The molecule has 0 aromatic carbocycles. The van der Waals surface area contributed by atoms with Crippen LogP contribution < -0.4 is 0 Å². The minimum atomic E-state index is -3.67. The standard InChI is InChI=1S/C12H30OSi2.CH4O3S/c1-11(2,3)14(7,8)13-15(9,10)12(4,5)6;1-5(2,3)4/h1-10H3;1H3,(H,2,3,4). The van der Waals surface area contributed by atoms with Gasteiger partial charge in [-0.05, 0) is 36.3 Å². The van der Waals surface area contributed by atoms with Gasteiger partial charge in [0.15, 0.2) is 16.6 Å². The second kappa shape index (κ2) is 6.60. The Hall–Kier alpha value is 0.304. The van der Waals surface area contributed by atoms with Crippen molar-refractivity contribution < 1.29 is 17.1 Å². The van der Waals surface area contributed by atoms with Crippen molar-refractivity contribution in [2.75, 3.05) is 6.26 Å². The highest BCUT2D eigenvalue weighted by atomic mass is 32.2. The number of rotatable bonds is 2. The van der Waals surface area contributed by atoms with Crippen LogP contribution in [0.2, 0.25) is 36.3 Å². The molecule has 20 heavy (non-hydrogen) atoms. The van der Waals surface area contributed by atoms with Crippen LogP contribution in [0.4, 0.5) is 0 Å². The summed E-state index contributed by atoms with van der Waals surface area (Å²) in [4.78, 5) is 0. The lowest BCUT2D eigenvalue weighted by molar-refractivity contribution is 0.449. The quantitative estimate of drug-likeness (QED) is 0.592. The first-order valence-electron chi connectivity index (χ1n) is 6.83. The van der Waals surface area contributed by atoms with Gasteiger partial charge in [-0.1, -0.05) is 41.5 Å². The summed E-state index contributed by atoms with van der Waals surface area (Å²) in [5.74, 6) is 0. The molecule has 4 nitrogen and oxygen atoms in total. The average molecular weight is 343 g/mol. The van der Waals surface area contributed by atoms with Crippen molar-refractivity contribution in [2.24, 2.45) is 0 Å². The van der Waals surface area contributed by atoms with Gasteiger partial charge >= 0.3 is 0 Å². The third kappa shape index (κ3) is 9.28.